The normalized spacial score (nSPS) is 17.4. The molecule has 1 N–H and O–H groups in total. The van der Waals surface area contributed by atoms with Crippen LogP contribution in [-0.4, -0.2) is 49.3 Å². The zero-order chi connectivity index (χ0) is 35.1. The van der Waals surface area contributed by atoms with Gasteiger partial charge < -0.3 is 19.7 Å². The highest BCUT2D eigenvalue weighted by atomic mass is 35.7. The van der Waals surface area contributed by atoms with Crippen LogP contribution in [0.1, 0.15) is 41.4 Å². The number of carbonyl (C=O) groups is 3. The first kappa shape index (κ1) is 35.1. The number of β-lactam (4-membered cyclic amide) rings is 1. The number of ether oxygens (including phenoxy) is 2. The highest BCUT2D eigenvalue weighted by molar-refractivity contribution is 8.08. The molecular formula is C36H32ClN3O8S. The van der Waals surface area contributed by atoms with E-state index in [1.54, 1.807) is 30.3 Å². The summed E-state index contributed by atoms with van der Waals surface area (Å²) in [6.07, 6.45) is -1.87. The van der Waals surface area contributed by atoms with Crippen LogP contribution < -0.4 is 5.32 Å². The van der Waals surface area contributed by atoms with Crippen molar-refractivity contribution in [3.05, 3.63) is 160 Å². The molecule has 1 fully saturated rings. The predicted molar refractivity (Wildman–Crippen MR) is 183 cm³/mol. The lowest BCUT2D eigenvalue weighted by Crippen LogP contribution is -2.75. The molecule has 252 valence electrons. The first-order valence-corrected chi connectivity index (χ1v) is 17.2. The summed E-state index contributed by atoms with van der Waals surface area (Å²) < 4.78 is 24.8. The summed E-state index contributed by atoms with van der Waals surface area (Å²) in [4.78, 5) is 52.3. The third kappa shape index (κ3) is 8.11. The number of likely N-dealkylation sites (tertiary alicyclic amines) is 1. The summed E-state index contributed by atoms with van der Waals surface area (Å²) in [6, 6.07) is 30.2. The SMILES string of the molecule is C=C(C)C(C(=O)OCc1ccc([N+](=O)[O-])cc1)N1C(=O)C(NC(=O)C(OC(c2ccccc2)c2ccccc2)c2ccccc2)C1S(=O)Cl. The van der Waals surface area contributed by atoms with E-state index in [2.05, 4.69) is 11.9 Å². The average Bonchev–Trinajstić information content (AvgIpc) is 3.11. The first-order valence-electron chi connectivity index (χ1n) is 15.1. The first-order chi connectivity index (χ1) is 23.6. The largest absolute Gasteiger partial charge is 0.459 e. The molecule has 0 bridgehead atoms. The Kier molecular flexibility index (Phi) is 11.3. The maximum atomic E-state index is 14.0. The van der Waals surface area contributed by atoms with Crippen molar-refractivity contribution in [3.8, 4) is 0 Å². The van der Waals surface area contributed by atoms with E-state index in [0.29, 0.717) is 11.1 Å². The Labute approximate surface area is 289 Å². The molecule has 1 aliphatic heterocycles. The topological polar surface area (TPSA) is 145 Å². The van der Waals surface area contributed by atoms with Crippen molar-refractivity contribution in [2.24, 2.45) is 0 Å². The van der Waals surface area contributed by atoms with Crippen molar-refractivity contribution in [1.29, 1.82) is 0 Å². The maximum absolute atomic E-state index is 14.0. The highest BCUT2D eigenvalue weighted by Crippen LogP contribution is 2.35. The van der Waals surface area contributed by atoms with E-state index in [9.17, 15) is 28.7 Å². The second-order valence-corrected chi connectivity index (χ2v) is 13.2. The van der Waals surface area contributed by atoms with Crippen molar-refractivity contribution >= 4 is 44.2 Å². The quantitative estimate of drug-likeness (QED) is 0.0441. The molecule has 0 aliphatic carbocycles. The molecular weight excluding hydrogens is 670 g/mol. The molecule has 2 amide bonds. The fourth-order valence-electron chi connectivity index (χ4n) is 5.48. The van der Waals surface area contributed by atoms with Gasteiger partial charge in [-0.1, -0.05) is 97.6 Å². The van der Waals surface area contributed by atoms with Crippen molar-refractivity contribution in [2.75, 3.05) is 0 Å². The Morgan fingerprint density at radius 2 is 1.43 bits per heavy atom. The number of esters is 1. The molecule has 5 rings (SSSR count). The standard InChI is InChI=1S/C36H32ClN3O8S/c1-23(2)30(36(43)47-22-24-18-20-28(21-19-24)40(44)45)39-34(42)29(35(39)49(37)46)38-33(41)32(27-16-10-5-11-17-27)48-31(25-12-6-3-7-13-25)26-14-8-4-9-15-26/h3-21,29-32,35H,1,22H2,2H3,(H,38,41). The van der Waals surface area contributed by atoms with Gasteiger partial charge in [0.25, 0.3) is 11.6 Å². The number of nitrogens with zero attached hydrogens (tertiary/aromatic N) is 2. The predicted octanol–water partition coefficient (Wildman–Crippen LogP) is 5.69. The minimum Gasteiger partial charge on any atom is -0.459 e. The minimum absolute atomic E-state index is 0.128. The molecule has 49 heavy (non-hydrogen) atoms. The molecule has 0 spiro atoms. The van der Waals surface area contributed by atoms with Crippen LogP contribution in [0.15, 0.2) is 127 Å². The third-order valence-electron chi connectivity index (χ3n) is 7.88. The lowest BCUT2D eigenvalue weighted by atomic mass is 9.98. The summed E-state index contributed by atoms with van der Waals surface area (Å²) in [5.41, 5.74) is 2.65. The Morgan fingerprint density at radius 3 is 1.90 bits per heavy atom. The lowest BCUT2D eigenvalue weighted by molar-refractivity contribution is -0.384. The van der Waals surface area contributed by atoms with Crippen molar-refractivity contribution < 1.29 is 33.0 Å². The molecule has 5 atom stereocenters. The summed E-state index contributed by atoms with van der Waals surface area (Å²) in [5, 5.41) is 12.3. The molecule has 0 radical (unpaired) electrons. The van der Waals surface area contributed by atoms with E-state index in [0.717, 1.165) is 16.0 Å². The van der Waals surface area contributed by atoms with Crippen LogP contribution in [0, 0.1) is 10.1 Å². The third-order valence-corrected chi connectivity index (χ3v) is 9.31. The number of halogens is 1. The molecule has 1 aliphatic rings. The second-order valence-electron chi connectivity index (χ2n) is 11.3. The van der Waals surface area contributed by atoms with Gasteiger partial charge in [0, 0.05) is 12.1 Å². The number of nitrogens with one attached hydrogen (secondary N) is 1. The number of carbonyl (C=O) groups excluding carboxylic acids is 3. The van der Waals surface area contributed by atoms with Gasteiger partial charge in [0.1, 0.15) is 28.8 Å². The minimum atomic E-state index is -2.24. The molecule has 1 saturated heterocycles. The summed E-state index contributed by atoms with van der Waals surface area (Å²) >= 11 is 0. The molecule has 4 aromatic rings. The van der Waals surface area contributed by atoms with Crippen LogP contribution in [0.2, 0.25) is 0 Å². The number of hydrogen-bond acceptors (Lipinski definition) is 8. The van der Waals surface area contributed by atoms with Crippen LogP contribution >= 0.6 is 10.7 Å². The van der Waals surface area contributed by atoms with Crippen molar-refractivity contribution in [2.45, 2.75) is 43.2 Å². The number of nitro groups is 1. The van der Waals surface area contributed by atoms with Gasteiger partial charge in [0.15, 0.2) is 17.5 Å². The number of benzene rings is 4. The molecule has 11 nitrogen and oxygen atoms in total. The zero-order valence-corrected chi connectivity index (χ0v) is 27.8. The smallest absolute Gasteiger partial charge is 0.333 e. The molecule has 4 aromatic carbocycles. The summed E-state index contributed by atoms with van der Waals surface area (Å²) in [7, 11) is 3.84. The molecule has 5 unspecified atom stereocenters. The fraction of sp³-hybridized carbons (Fsp3) is 0.194. The molecule has 0 saturated carbocycles. The van der Waals surface area contributed by atoms with E-state index in [1.165, 1.54) is 31.2 Å². The Bertz CT molecular complexity index is 1810. The van der Waals surface area contributed by atoms with Gasteiger partial charge in [-0.05, 0) is 57.6 Å². The number of rotatable bonds is 14. The monoisotopic (exact) mass is 701 g/mol. The van der Waals surface area contributed by atoms with E-state index in [-0.39, 0.29) is 17.9 Å². The van der Waals surface area contributed by atoms with Gasteiger partial charge >= 0.3 is 5.97 Å². The van der Waals surface area contributed by atoms with Gasteiger partial charge in [-0.25, -0.2) is 9.00 Å². The fourth-order valence-corrected chi connectivity index (χ4v) is 6.85. The van der Waals surface area contributed by atoms with Crippen LogP contribution in [0.4, 0.5) is 5.69 Å². The Balaban J connectivity index is 1.36. The van der Waals surface area contributed by atoms with Gasteiger partial charge in [0.05, 0.1) is 4.92 Å². The molecule has 1 heterocycles. The van der Waals surface area contributed by atoms with E-state index >= 15 is 0 Å². The van der Waals surface area contributed by atoms with Crippen LogP contribution in [-0.2, 0) is 40.5 Å². The number of nitro benzene ring substituents is 1. The van der Waals surface area contributed by atoms with Gasteiger partial charge in [0.2, 0.25) is 5.91 Å². The number of hydrogen-bond donors (Lipinski definition) is 1. The van der Waals surface area contributed by atoms with Gasteiger partial charge in [-0.2, -0.15) is 0 Å². The zero-order valence-electron chi connectivity index (χ0n) is 26.2. The van der Waals surface area contributed by atoms with Crippen molar-refractivity contribution in [3.63, 3.8) is 0 Å². The van der Waals surface area contributed by atoms with E-state index < -0.39 is 62.4 Å². The number of amides is 2. The molecule has 13 heteroatoms. The maximum Gasteiger partial charge on any atom is 0.333 e. The summed E-state index contributed by atoms with van der Waals surface area (Å²) in [6.45, 7) is 5.06. The van der Waals surface area contributed by atoms with Crippen LogP contribution in [0.3, 0.4) is 0 Å². The number of non-ortho nitro benzene ring substituents is 1. The molecule has 0 aromatic heterocycles. The van der Waals surface area contributed by atoms with Crippen LogP contribution in [0.5, 0.6) is 0 Å². The highest BCUT2D eigenvalue weighted by Gasteiger charge is 2.56. The summed E-state index contributed by atoms with van der Waals surface area (Å²) in [5.74, 6) is -2.28. The van der Waals surface area contributed by atoms with E-state index in [4.69, 9.17) is 20.2 Å². The van der Waals surface area contributed by atoms with E-state index in [1.807, 2.05) is 60.7 Å². The van der Waals surface area contributed by atoms with Gasteiger partial charge in [-0.15, -0.1) is 0 Å². The lowest BCUT2D eigenvalue weighted by Gasteiger charge is -2.48. The average molecular weight is 702 g/mol. The Morgan fingerprint density at radius 1 is 0.918 bits per heavy atom. The Hall–Kier alpha value is -5.17. The van der Waals surface area contributed by atoms with Crippen LogP contribution in [0.25, 0.3) is 0 Å². The van der Waals surface area contributed by atoms with Crippen molar-refractivity contribution in [1.82, 2.24) is 10.2 Å². The van der Waals surface area contributed by atoms with Gasteiger partial charge in [-0.3, -0.25) is 19.7 Å². The second kappa shape index (κ2) is 15.8.